The zero-order chi connectivity index (χ0) is 11.6. The number of amides is 1. The van der Waals surface area contributed by atoms with E-state index in [1.165, 1.54) is 12.0 Å². The lowest BCUT2D eigenvalue weighted by atomic mass is 10.3. The number of methoxy groups -OCH3 is 1. The Kier molecular flexibility index (Phi) is 4.09. The van der Waals surface area contributed by atoms with E-state index in [1.54, 1.807) is 13.8 Å². The van der Waals surface area contributed by atoms with E-state index in [4.69, 9.17) is 32.7 Å². The van der Waals surface area contributed by atoms with Crippen LogP contribution in [0, 0.1) is 0 Å². The number of hydrogen-bond acceptors (Lipinski definition) is 3. The summed E-state index contributed by atoms with van der Waals surface area (Å²) in [5.41, 5.74) is 0. The smallest absolute Gasteiger partial charge is 0.412 e. The summed E-state index contributed by atoms with van der Waals surface area (Å²) in [6.07, 6.45) is -0.787. The van der Waals surface area contributed by atoms with Crippen molar-refractivity contribution >= 4 is 29.3 Å². The molecule has 0 bridgehead atoms. The predicted octanol–water partition coefficient (Wildman–Crippen LogP) is 2.38. The van der Waals surface area contributed by atoms with Crippen LogP contribution in [-0.2, 0) is 9.47 Å². The monoisotopic (exact) mass is 255 g/mol. The van der Waals surface area contributed by atoms with Gasteiger partial charge in [0.05, 0.1) is 6.10 Å². The van der Waals surface area contributed by atoms with Crippen LogP contribution in [0.3, 0.4) is 0 Å². The van der Waals surface area contributed by atoms with E-state index in [9.17, 15) is 4.79 Å². The second kappa shape index (κ2) is 4.76. The highest BCUT2D eigenvalue weighted by Gasteiger charge is 2.48. The van der Waals surface area contributed by atoms with Crippen molar-refractivity contribution in [3.8, 4) is 0 Å². The molecule has 4 nitrogen and oxygen atoms in total. The number of carbonyl (C=O) groups is 1. The molecule has 1 rings (SSSR count). The molecule has 1 aliphatic heterocycles. The Bertz CT molecular complexity index is 246. The van der Waals surface area contributed by atoms with Crippen LogP contribution in [-0.4, -0.2) is 41.3 Å². The Morgan fingerprint density at radius 3 is 2.60 bits per heavy atom. The average Bonchev–Trinajstić information content (AvgIpc) is 2.39. The maximum absolute atomic E-state index is 11.6. The minimum absolute atomic E-state index is 0.171. The van der Waals surface area contributed by atoms with Gasteiger partial charge in [-0.05, 0) is 13.8 Å². The third-order valence-electron chi connectivity index (χ3n) is 2.12. The van der Waals surface area contributed by atoms with Crippen LogP contribution in [0.25, 0.3) is 0 Å². The number of halogens is 2. The molecular formula is C9H15Cl2NO3. The molecule has 15 heavy (non-hydrogen) atoms. The average molecular weight is 256 g/mol. The summed E-state index contributed by atoms with van der Waals surface area (Å²) in [5.74, 6) is 0. The van der Waals surface area contributed by atoms with Crippen molar-refractivity contribution in [2.75, 3.05) is 13.7 Å². The van der Waals surface area contributed by atoms with E-state index in [2.05, 4.69) is 0 Å². The molecule has 88 valence electrons. The lowest BCUT2D eigenvalue weighted by Gasteiger charge is -2.27. The van der Waals surface area contributed by atoms with Gasteiger partial charge >= 0.3 is 6.09 Å². The van der Waals surface area contributed by atoms with Gasteiger partial charge in [0.25, 0.3) is 0 Å². The highest BCUT2D eigenvalue weighted by atomic mass is 35.5. The highest BCUT2D eigenvalue weighted by Crippen LogP contribution is 2.39. The van der Waals surface area contributed by atoms with Gasteiger partial charge in [-0.1, -0.05) is 23.2 Å². The second-order valence-corrected chi connectivity index (χ2v) is 5.27. The van der Waals surface area contributed by atoms with Gasteiger partial charge in [0, 0.05) is 20.1 Å². The summed E-state index contributed by atoms with van der Waals surface area (Å²) < 4.78 is 9.10. The lowest BCUT2D eigenvalue weighted by Crippen LogP contribution is -2.43. The first-order chi connectivity index (χ1) is 6.88. The lowest BCUT2D eigenvalue weighted by molar-refractivity contribution is -0.0159. The quantitative estimate of drug-likeness (QED) is 0.712. The van der Waals surface area contributed by atoms with Gasteiger partial charge in [-0.3, -0.25) is 4.90 Å². The zero-order valence-corrected chi connectivity index (χ0v) is 10.5. The summed E-state index contributed by atoms with van der Waals surface area (Å²) in [6, 6.07) is 0. The molecule has 1 amide bonds. The molecule has 0 N–H and O–H groups in total. The Balaban J connectivity index is 2.67. The van der Waals surface area contributed by atoms with Gasteiger partial charge in [-0.2, -0.15) is 0 Å². The van der Waals surface area contributed by atoms with Gasteiger partial charge in [-0.25, -0.2) is 4.79 Å². The Morgan fingerprint density at radius 1 is 1.53 bits per heavy atom. The molecule has 0 aromatic heterocycles. The van der Waals surface area contributed by atoms with Gasteiger partial charge in [0.2, 0.25) is 0 Å². The molecule has 1 atom stereocenters. The molecular weight excluding hydrogens is 241 g/mol. The molecule has 1 fully saturated rings. The number of carbonyl (C=O) groups excluding carboxylic acids is 1. The van der Waals surface area contributed by atoms with Crippen LogP contribution in [0.1, 0.15) is 20.3 Å². The zero-order valence-electron chi connectivity index (χ0n) is 9.00. The maximum Gasteiger partial charge on any atom is 0.412 e. The summed E-state index contributed by atoms with van der Waals surface area (Å²) >= 11 is 12.0. The minimum Gasteiger partial charge on any atom is -0.447 e. The summed E-state index contributed by atoms with van der Waals surface area (Å²) in [4.78, 5) is 13.0. The van der Waals surface area contributed by atoms with E-state index in [0.717, 1.165) is 0 Å². The van der Waals surface area contributed by atoms with Crippen molar-refractivity contribution in [1.82, 2.24) is 4.90 Å². The standard InChI is InChI=1S/C9H15Cl2NO3/c1-6(2)15-8(13)12-5-4-9(10,11)7(12)14-3/h6-7H,4-5H2,1-3H3. The van der Waals surface area contributed by atoms with Crippen molar-refractivity contribution in [1.29, 1.82) is 0 Å². The maximum atomic E-state index is 11.6. The van der Waals surface area contributed by atoms with E-state index in [-0.39, 0.29) is 6.10 Å². The molecule has 1 saturated heterocycles. The fourth-order valence-corrected chi connectivity index (χ4v) is 2.08. The Labute approximate surface area is 99.4 Å². The van der Waals surface area contributed by atoms with E-state index in [0.29, 0.717) is 13.0 Å². The van der Waals surface area contributed by atoms with Crippen molar-refractivity contribution in [3.05, 3.63) is 0 Å². The van der Waals surface area contributed by atoms with Crippen molar-refractivity contribution < 1.29 is 14.3 Å². The third kappa shape index (κ3) is 2.89. The van der Waals surface area contributed by atoms with Crippen molar-refractivity contribution in [2.45, 2.75) is 36.9 Å². The second-order valence-electron chi connectivity index (χ2n) is 3.73. The van der Waals surface area contributed by atoms with Gasteiger partial charge in [-0.15, -0.1) is 0 Å². The molecule has 1 heterocycles. The Hall–Kier alpha value is -0.190. The van der Waals surface area contributed by atoms with Crippen LogP contribution in [0.5, 0.6) is 0 Å². The van der Waals surface area contributed by atoms with Crippen molar-refractivity contribution in [2.24, 2.45) is 0 Å². The molecule has 1 unspecified atom stereocenters. The normalized spacial score (nSPS) is 24.7. The SMILES string of the molecule is COC1N(C(=O)OC(C)C)CCC1(Cl)Cl. The predicted molar refractivity (Wildman–Crippen MR) is 58.2 cm³/mol. The van der Waals surface area contributed by atoms with E-state index in [1.807, 2.05) is 0 Å². The number of likely N-dealkylation sites (tertiary alicyclic amines) is 1. The topological polar surface area (TPSA) is 38.8 Å². The number of hydrogen-bond donors (Lipinski definition) is 0. The van der Waals surface area contributed by atoms with Crippen LogP contribution in [0.15, 0.2) is 0 Å². The molecule has 0 aliphatic carbocycles. The number of nitrogens with zero attached hydrogens (tertiary/aromatic N) is 1. The molecule has 1 aliphatic rings. The summed E-state index contributed by atoms with van der Waals surface area (Å²) in [7, 11) is 1.46. The fourth-order valence-electron chi connectivity index (χ4n) is 1.49. The fraction of sp³-hybridized carbons (Fsp3) is 0.889. The van der Waals surface area contributed by atoms with Crippen LogP contribution in [0.2, 0.25) is 0 Å². The molecule has 6 heteroatoms. The van der Waals surface area contributed by atoms with Crippen molar-refractivity contribution in [3.63, 3.8) is 0 Å². The number of rotatable bonds is 2. The molecule has 0 aromatic carbocycles. The van der Waals surface area contributed by atoms with E-state index < -0.39 is 16.7 Å². The molecule has 0 aromatic rings. The first kappa shape index (κ1) is 12.9. The molecule has 0 saturated carbocycles. The largest absolute Gasteiger partial charge is 0.447 e. The van der Waals surface area contributed by atoms with Gasteiger partial charge in [0.15, 0.2) is 10.6 Å². The Morgan fingerprint density at radius 2 is 2.13 bits per heavy atom. The number of ether oxygens (including phenoxy) is 2. The first-order valence-electron chi connectivity index (χ1n) is 4.76. The highest BCUT2D eigenvalue weighted by molar-refractivity contribution is 6.49. The van der Waals surface area contributed by atoms with Gasteiger partial charge in [0.1, 0.15) is 0 Å². The van der Waals surface area contributed by atoms with E-state index >= 15 is 0 Å². The van der Waals surface area contributed by atoms with Crippen LogP contribution in [0.4, 0.5) is 4.79 Å². The molecule has 0 radical (unpaired) electrons. The molecule has 0 spiro atoms. The first-order valence-corrected chi connectivity index (χ1v) is 5.52. The minimum atomic E-state index is -1.05. The van der Waals surface area contributed by atoms with Crippen LogP contribution < -0.4 is 0 Å². The summed E-state index contributed by atoms with van der Waals surface area (Å²) in [5, 5.41) is 0. The van der Waals surface area contributed by atoms with Gasteiger partial charge < -0.3 is 9.47 Å². The third-order valence-corrected chi connectivity index (χ3v) is 2.88. The summed E-state index contributed by atoms with van der Waals surface area (Å²) in [6.45, 7) is 4.01. The van der Waals surface area contributed by atoms with Crippen LogP contribution >= 0.6 is 23.2 Å². The number of alkyl halides is 2.